The zero-order chi connectivity index (χ0) is 10.4. The second kappa shape index (κ2) is 5.81. The van der Waals surface area contributed by atoms with E-state index in [1.54, 1.807) is 0 Å². The van der Waals surface area contributed by atoms with Gasteiger partial charge < -0.3 is 10.4 Å². The molecule has 1 atom stereocenters. The molecule has 0 aromatic heterocycles. The Morgan fingerprint density at radius 2 is 2.50 bits per heavy atom. The van der Waals surface area contributed by atoms with E-state index in [1.165, 1.54) is 24.8 Å². The Labute approximate surface area is 85.2 Å². The smallest absolute Gasteiger partial charge is 0.320 e. The van der Waals surface area contributed by atoms with Crippen LogP contribution >= 0.6 is 0 Å². The summed E-state index contributed by atoms with van der Waals surface area (Å²) in [6.45, 7) is 2.68. The standard InChI is InChI=1S/C11H19NO2/c1-2-10(11(13)14)12-8-7-9-5-3-4-6-9/h5,10,12H,2-4,6-8H2,1H3,(H,13,14). The average Bonchev–Trinajstić information content (AvgIpc) is 2.64. The lowest BCUT2D eigenvalue weighted by Crippen LogP contribution is -2.36. The third kappa shape index (κ3) is 3.50. The van der Waals surface area contributed by atoms with Crippen molar-refractivity contribution in [1.29, 1.82) is 0 Å². The van der Waals surface area contributed by atoms with Crippen LogP contribution in [0.25, 0.3) is 0 Å². The molecule has 0 spiro atoms. The lowest BCUT2D eigenvalue weighted by Gasteiger charge is -2.11. The Morgan fingerprint density at radius 3 is 3.00 bits per heavy atom. The number of nitrogens with one attached hydrogen (secondary N) is 1. The van der Waals surface area contributed by atoms with Crippen molar-refractivity contribution < 1.29 is 9.90 Å². The number of carboxylic acid groups (broad SMARTS) is 1. The minimum atomic E-state index is -0.743. The molecule has 80 valence electrons. The fourth-order valence-electron chi connectivity index (χ4n) is 1.78. The maximum atomic E-state index is 10.7. The molecule has 3 nitrogen and oxygen atoms in total. The van der Waals surface area contributed by atoms with Gasteiger partial charge in [-0.25, -0.2) is 0 Å². The molecular weight excluding hydrogens is 178 g/mol. The fourth-order valence-corrected chi connectivity index (χ4v) is 1.78. The minimum absolute atomic E-state index is 0.378. The van der Waals surface area contributed by atoms with Crippen LogP contribution < -0.4 is 5.32 Å². The number of rotatable bonds is 6. The molecule has 0 aromatic rings. The quantitative estimate of drug-likeness (QED) is 0.640. The van der Waals surface area contributed by atoms with Crippen LogP contribution in [0, 0.1) is 0 Å². The predicted molar refractivity (Wildman–Crippen MR) is 56.3 cm³/mol. The van der Waals surface area contributed by atoms with Crippen molar-refractivity contribution >= 4 is 5.97 Å². The molecule has 0 aliphatic heterocycles. The number of hydrogen-bond donors (Lipinski definition) is 2. The van der Waals surface area contributed by atoms with Gasteiger partial charge in [0.1, 0.15) is 6.04 Å². The van der Waals surface area contributed by atoms with E-state index in [4.69, 9.17) is 5.11 Å². The lowest BCUT2D eigenvalue weighted by molar-refractivity contribution is -0.139. The molecule has 0 saturated heterocycles. The summed E-state index contributed by atoms with van der Waals surface area (Å²) in [5.74, 6) is -0.743. The first-order chi connectivity index (χ1) is 6.74. The first-order valence-corrected chi connectivity index (χ1v) is 5.38. The lowest BCUT2D eigenvalue weighted by atomic mass is 10.1. The van der Waals surface area contributed by atoms with Gasteiger partial charge in [0.15, 0.2) is 0 Å². The average molecular weight is 197 g/mol. The second-order valence-corrected chi connectivity index (χ2v) is 3.76. The van der Waals surface area contributed by atoms with Gasteiger partial charge in [0.25, 0.3) is 0 Å². The Kier molecular flexibility index (Phi) is 4.66. The Morgan fingerprint density at radius 1 is 1.71 bits per heavy atom. The first kappa shape index (κ1) is 11.2. The van der Waals surface area contributed by atoms with E-state index in [-0.39, 0.29) is 6.04 Å². The van der Waals surface area contributed by atoms with Crippen molar-refractivity contribution in [2.24, 2.45) is 0 Å². The van der Waals surface area contributed by atoms with Crippen molar-refractivity contribution in [2.45, 2.75) is 45.1 Å². The van der Waals surface area contributed by atoms with Gasteiger partial charge in [0.2, 0.25) is 0 Å². The maximum Gasteiger partial charge on any atom is 0.320 e. The zero-order valence-electron chi connectivity index (χ0n) is 8.75. The van der Waals surface area contributed by atoms with Crippen molar-refractivity contribution in [2.75, 3.05) is 6.54 Å². The summed E-state index contributed by atoms with van der Waals surface area (Å²) in [4.78, 5) is 10.7. The molecular formula is C11H19NO2. The summed E-state index contributed by atoms with van der Waals surface area (Å²) < 4.78 is 0. The second-order valence-electron chi connectivity index (χ2n) is 3.76. The molecule has 3 heteroatoms. The molecule has 0 fully saturated rings. The number of carboxylic acids is 1. The third-order valence-corrected chi connectivity index (χ3v) is 2.68. The van der Waals surface area contributed by atoms with E-state index < -0.39 is 5.97 Å². The van der Waals surface area contributed by atoms with Gasteiger partial charge in [-0.15, -0.1) is 0 Å². The predicted octanol–water partition coefficient (Wildman–Crippen LogP) is 1.94. The van der Waals surface area contributed by atoms with E-state index in [1.807, 2.05) is 6.92 Å². The van der Waals surface area contributed by atoms with E-state index in [2.05, 4.69) is 11.4 Å². The van der Waals surface area contributed by atoms with Crippen LogP contribution in [0.3, 0.4) is 0 Å². The van der Waals surface area contributed by atoms with Gasteiger partial charge in [-0.05, 0) is 38.6 Å². The molecule has 0 heterocycles. The highest BCUT2D eigenvalue weighted by Crippen LogP contribution is 2.19. The van der Waals surface area contributed by atoms with E-state index >= 15 is 0 Å². The normalized spacial score (nSPS) is 17.9. The highest BCUT2D eigenvalue weighted by molar-refractivity contribution is 5.73. The molecule has 0 amide bonds. The molecule has 0 radical (unpaired) electrons. The summed E-state index contributed by atoms with van der Waals surface area (Å²) in [6.07, 6.45) is 7.60. The largest absolute Gasteiger partial charge is 0.480 e. The molecule has 0 saturated carbocycles. The van der Waals surface area contributed by atoms with E-state index in [0.717, 1.165) is 13.0 Å². The number of aliphatic carboxylic acids is 1. The van der Waals surface area contributed by atoms with Crippen LogP contribution in [0.5, 0.6) is 0 Å². The highest BCUT2D eigenvalue weighted by Gasteiger charge is 2.13. The summed E-state index contributed by atoms with van der Waals surface area (Å²) in [5.41, 5.74) is 1.48. The van der Waals surface area contributed by atoms with Crippen LogP contribution in [-0.2, 0) is 4.79 Å². The molecule has 1 aliphatic carbocycles. The van der Waals surface area contributed by atoms with Crippen LogP contribution in [0.15, 0.2) is 11.6 Å². The van der Waals surface area contributed by atoms with Gasteiger partial charge in [-0.3, -0.25) is 4.79 Å². The maximum absolute atomic E-state index is 10.7. The highest BCUT2D eigenvalue weighted by atomic mass is 16.4. The SMILES string of the molecule is CCC(NCCC1=CCCC1)C(=O)O. The summed E-state index contributed by atoms with van der Waals surface area (Å²) in [6, 6.07) is -0.378. The molecule has 1 rings (SSSR count). The zero-order valence-corrected chi connectivity index (χ0v) is 8.75. The monoisotopic (exact) mass is 197 g/mol. The Hall–Kier alpha value is -0.830. The van der Waals surface area contributed by atoms with Crippen LogP contribution in [0.2, 0.25) is 0 Å². The van der Waals surface area contributed by atoms with Crippen molar-refractivity contribution in [3.8, 4) is 0 Å². The van der Waals surface area contributed by atoms with Crippen LogP contribution in [0.4, 0.5) is 0 Å². The Balaban J connectivity index is 2.15. The van der Waals surface area contributed by atoms with Crippen LogP contribution in [-0.4, -0.2) is 23.7 Å². The fraction of sp³-hybridized carbons (Fsp3) is 0.727. The number of allylic oxidation sites excluding steroid dienone is 1. The summed E-state index contributed by atoms with van der Waals surface area (Å²) >= 11 is 0. The minimum Gasteiger partial charge on any atom is -0.480 e. The molecule has 0 aromatic carbocycles. The summed E-state index contributed by atoms with van der Waals surface area (Å²) in [5, 5.41) is 11.8. The molecule has 14 heavy (non-hydrogen) atoms. The van der Waals surface area contributed by atoms with E-state index in [0.29, 0.717) is 6.42 Å². The van der Waals surface area contributed by atoms with Gasteiger partial charge in [-0.2, -0.15) is 0 Å². The number of hydrogen-bond acceptors (Lipinski definition) is 2. The van der Waals surface area contributed by atoms with Crippen molar-refractivity contribution in [3.05, 3.63) is 11.6 Å². The van der Waals surface area contributed by atoms with Crippen molar-refractivity contribution in [1.82, 2.24) is 5.32 Å². The molecule has 0 bridgehead atoms. The third-order valence-electron chi connectivity index (χ3n) is 2.68. The van der Waals surface area contributed by atoms with Gasteiger partial charge >= 0.3 is 5.97 Å². The topological polar surface area (TPSA) is 49.3 Å². The number of carbonyl (C=O) groups is 1. The summed E-state index contributed by atoms with van der Waals surface area (Å²) in [7, 11) is 0. The first-order valence-electron chi connectivity index (χ1n) is 5.38. The molecule has 2 N–H and O–H groups in total. The van der Waals surface area contributed by atoms with E-state index in [9.17, 15) is 4.79 Å². The van der Waals surface area contributed by atoms with Gasteiger partial charge in [-0.1, -0.05) is 18.6 Å². The molecule has 1 aliphatic rings. The van der Waals surface area contributed by atoms with Crippen LogP contribution in [0.1, 0.15) is 39.0 Å². The molecule has 1 unspecified atom stereocenters. The van der Waals surface area contributed by atoms with Gasteiger partial charge in [0.05, 0.1) is 0 Å². The van der Waals surface area contributed by atoms with Gasteiger partial charge in [0, 0.05) is 0 Å². The Bertz CT molecular complexity index is 223. The van der Waals surface area contributed by atoms with Crippen molar-refractivity contribution in [3.63, 3.8) is 0 Å².